The van der Waals surface area contributed by atoms with E-state index in [4.69, 9.17) is 0 Å². The second-order valence-electron chi connectivity index (χ2n) is 5.74. The molecule has 1 nitrogen and oxygen atoms in total. The second kappa shape index (κ2) is 4.11. The Morgan fingerprint density at radius 2 is 1.93 bits per heavy atom. The lowest BCUT2D eigenvalue weighted by molar-refractivity contribution is -0.137. The van der Waals surface area contributed by atoms with Crippen molar-refractivity contribution in [1.82, 2.24) is 0 Å². The van der Waals surface area contributed by atoms with Crippen molar-refractivity contribution in [3.63, 3.8) is 0 Å². The minimum Gasteiger partial charge on any atom is -0.294 e. The van der Waals surface area contributed by atoms with Crippen molar-refractivity contribution in [2.45, 2.75) is 53.9 Å². The van der Waals surface area contributed by atoms with E-state index in [1.54, 1.807) is 6.08 Å². The summed E-state index contributed by atoms with van der Waals surface area (Å²) in [4.78, 5) is 12.3. The minimum atomic E-state index is -0.183. The fourth-order valence-electron chi connectivity index (χ4n) is 2.97. The van der Waals surface area contributed by atoms with Crippen LogP contribution in [0.1, 0.15) is 53.9 Å². The zero-order valence-electron chi connectivity index (χ0n) is 10.8. The summed E-state index contributed by atoms with van der Waals surface area (Å²) in [6, 6.07) is 0. The second-order valence-corrected chi connectivity index (χ2v) is 5.74. The lowest BCUT2D eigenvalue weighted by Gasteiger charge is -2.50. The SMILES string of the molecule is C/C=C/C(=O)C1(C)C(C)CCCC1(C)C. The van der Waals surface area contributed by atoms with Crippen molar-refractivity contribution in [2.75, 3.05) is 0 Å². The first kappa shape index (κ1) is 12.5. The third kappa shape index (κ3) is 1.89. The molecule has 1 aliphatic rings. The van der Waals surface area contributed by atoms with Gasteiger partial charge in [0.1, 0.15) is 0 Å². The standard InChI is InChI=1S/C14H24O/c1-6-8-12(15)14(5)11(2)9-7-10-13(14,3)4/h6,8,11H,7,9-10H2,1-5H3/b8-6+. The fourth-order valence-corrected chi connectivity index (χ4v) is 2.97. The average Bonchev–Trinajstić information content (AvgIpc) is 2.14. The normalized spacial score (nSPS) is 35.7. The van der Waals surface area contributed by atoms with Crippen LogP contribution in [0.5, 0.6) is 0 Å². The Hall–Kier alpha value is -0.590. The minimum absolute atomic E-state index is 0.126. The van der Waals surface area contributed by atoms with Crippen LogP contribution in [0.25, 0.3) is 0 Å². The van der Waals surface area contributed by atoms with E-state index in [0.29, 0.717) is 11.7 Å². The van der Waals surface area contributed by atoms with Crippen molar-refractivity contribution in [3.05, 3.63) is 12.2 Å². The topological polar surface area (TPSA) is 17.1 Å². The molecule has 1 rings (SSSR count). The van der Waals surface area contributed by atoms with E-state index in [0.717, 1.165) is 6.42 Å². The van der Waals surface area contributed by atoms with E-state index in [-0.39, 0.29) is 10.8 Å². The summed E-state index contributed by atoms with van der Waals surface area (Å²) < 4.78 is 0. The third-order valence-electron chi connectivity index (χ3n) is 4.66. The molecule has 0 aromatic carbocycles. The lowest BCUT2D eigenvalue weighted by Crippen LogP contribution is -2.48. The first-order chi connectivity index (χ1) is 6.86. The molecule has 1 heteroatoms. The number of carbonyl (C=O) groups is 1. The Kier molecular flexibility index (Phi) is 3.42. The molecule has 0 N–H and O–H groups in total. The van der Waals surface area contributed by atoms with Gasteiger partial charge >= 0.3 is 0 Å². The van der Waals surface area contributed by atoms with Crippen LogP contribution in [0.3, 0.4) is 0 Å². The van der Waals surface area contributed by atoms with E-state index >= 15 is 0 Å². The number of ketones is 1. The summed E-state index contributed by atoms with van der Waals surface area (Å²) in [5.41, 5.74) is -0.0565. The van der Waals surface area contributed by atoms with Crippen molar-refractivity contribution >= 4 is 5.78 Å². The summed E-state index contributed by atoms with van der Waals surface area (Å²) in [6.45, 7) is 10.8. The van der Waals surface area contributed by atoms with E-state index in [2.05, 4.69) is 27.7 Å². The Balaban J connectivity index is 3.08. The summed E-state index contributed by atoms with van der Waals surface area (Å²) in [5.74, 6) is 0.798. The molecule has 0 aromatic rings. The van der Waals surface area contributed by atoms with Gasteiger partial charge in [-0.3, -0.25) is 4.79 Å². The highest BCUT2D eigenvalue weighted by Crippen LogP contribution is 2.53. The van der Waals surface area contributed by atoms with Crippen LogP contribution < -0.4 is 0 Å². The summed E-state index contributed by atoms with van der Waals surface area (Å²) in [5, 5.41) is 0. The van der Waals surface area contributed by atoms with Crippen LogP contribution in [0.2, 0.25) is 0 Å². The largest absolute Gasteiger partial charge is 0.294 e. The van der Waals surface area contributed by atoms with Crippen LogP contribution in [0.15, 0.2) is 12.2 Å². The molecule has 86 valence electrons. The molecule has 15 heavy (non-hydrogen) atoms. The molecule has 0 aromatic heterocycles. The summed E-state index contributed by atoms with van der Waals surface area (Å²) in [7, 11) is 0. The highest BCUT2D eigenvalue weighted by molar-refractivity contribution is 5.95. The van der Waals surface area contributed by atoms with Crippen LogP contribution >= 0.6 is 0 Å². The molecule has 0 saturated heterocycles. The zero-order chi connectivity index (χ0) is 11.7. The van der Waals surface area contributed by atoms with Gasteiger partial charge in [0, 0.05) is 5.41 Å². The van der Waals surface area contributed by atoms with Gasteiger partial charge < -0.3 is 0 Å². The molecule has 0 bridgehead atoms. The van der Waals surface area contributed by atoms with Crippen LogP contribution in [0.4, 0.5) is 0 Å². The highest BCUT2D eigenvalue weighted by atomic mass is 16.1. The Morgan fingerprint density at radius 3 is 2.40 bits per heavy atom. The van der Waals surface area contributed by atoms with Gasteiger partial charge in [-0.15, -0.1) is 0 Å². The van der Waals surface area contributed by atoms with Gasteiger partial charge in [-0.2, -0.15) is 0 Å². The van der Waals surface area contributed by atoms with Crippen LogP contribution in [0, 0.1) is 16.7 Å². The molecule has 1 saturated carbocycles. The number of hydrogen-bond acceptors (Lipinski definition) is 1. The predicted octanol–water partition coefficient (Wildman–Crippen LogP) is 3.98. The van der Waals surface area contributed by atoms with Crippen molar-refractivity contribution in [3.8, 4) is 0 Å². The van der Waals surface area contributed by atoms with Gasteiger partial charge in [0.25, 0.3) is 0 Å². The monoisotopic (exact) mass is 208 g/mol. The molecule has 0 spiro atoms. The zero-order valence-corrected chi connectivity index (χ0v) is 10.8. The molecule has 1 aliphatic carbocycles. The van der Waals surface area contributed by atoms with Gasteiger partial charge in [-0.25, -0.2) is 0 Å². The Morgan fingerprint density at radius 1 is 1.33 bits per heavy atom. The van der Waals surface area contributed by atoms with Gasteiger partial charge in [-0.1, -0.05) is 40.2 Å². The lowest BCUT2D eigenvalue weighted by atomic mass is 9.52. The fraction of sp³-hybridized carbons (Fsp3) is 0.786. The van der Waals surface area contributed by atoms with Crippen molar-refractivity contribution < 1.29 is 4.79 Å². The van der Waals surface area contributed by atoms with E-state index in [9.17, 15) is 4.79 Å². The van der Waals surface area contributed by atoms with Crippen LogP contribution in [-0.4, -0.2) is 5.78 Å². The molecule has 0 radical (unpaired) electrons. The number of allylic oxidation sites excluding steroid dienone is 2. The maximum Gasteiger partial charge on any atom is 0.162 e. The molecule has 2 atom stereocenters. The number of hydrogen-bond donors (Lipinski definition) is 0. The molecule has 0 amide bonds. The smallest absolute Gasteiger partial charge is 0.162 e. The molecule has 1 fully saturated rings. The van der Waals surface area contributed by atoms with Gasteiger partial charge in [0.05, 0.1) is 0 Å². The predicted molar refractivity (Wildman–Crippen MR) is 64.7 cm³/mol. The molecule has 2 unspecified atom stereocenters. The summed E-state index contributed by atoms with van der Waals surface area (Å²) >= 11 is 0. The Labute approximate surface area is 93.9 Å². The van der Waals surface area contributed by atoms with Gasteiger partial charge in [0.2, 0.25) is 0 Å². The Bertz CT molecular complexity index is 275. The van der Waals surface area contributed by atoms with Gasteiger partial charge in [-0.05, 0) is 37.2 Å². The average molecular weight is 208 g/mol. The molecule has 0 heterocycles. The highest BCUT2D eigenvalue weighted by Gasteiger charge is 2.51. The van der Waals surface area contributed by atoms with Crippen molar-refractivity contribution in [1.29, 1.82) is 0 Å². The molecule has 0 aliphatic heterocycles. The van der Waals surface area contributed by atoms with Crippen LogP contribution in [-0.2, 0) is 4.79 Å². The molecular formula is C14H24O. The first-order valence-corrected chi connectivity index (χ1v) is 6.03. The quantitative estimate of drug-likeness (QED) is 0.627. The van der Waals surface area contributed by atoms with E-state index in [1.807, 2.05) is 13.0 Å². The van der Waals surface area contributed by atoms with Crippen molar-refractivity contribution in [2.24, 2.45) is 16.7 Å². The molecular weight excluding hydrogens is 184 g/mol. The number of carbonyl (C=O) groups excluding carboxylic acids is 1. The first-order valence-electron chi connectivity index (χ1n) is 6.03. The maximum atomic E-state index is 12.3. The number of rotatable bonds is 2. The third-order valence-corrected chi connectivity index (χ3v) is 4.66. The van der Waals surface area contributed by atoms with E-state index in [1.165, 1.54) is 12.8 Å². The van der Waals surface area contributed by atoms with E-state index < -0.39 is 0 Å². The van der Waals surface area contributed by atoms with Gasteiger partial charge in [0.15, 0.2) is 5.78 Å². The maximum absolute atomic E-state index is 12.3. The summed E-state index contributed by atoms with van der Waals surface area (Å²) in [6.07, 6.45) is 7.22.